The lowest BCUT2D eigenvalue weighted by atomic mass is 9.70. The largest absolute Gasteiger partial charge is 0.493 e. The number of anilines is 1. The van der Waals surface area contributed by atoms with E-state index < -0.39 is 40.8 Å². The number of nitrogens with zero attached hydrogens (tertiary/aromatic N) is 1. The van der Waals surface area contributed by atoms with Crippen molar-refractivity contribution >= 4 is 23.4 Å². The molecule has 43 heavy (non-hydrogen) atoms. The summed E-state index contributed by atoms with van der Waals surface area (Å²) in [5.41, 5.74) is -1.04. The fourth-order valence-electron chi connectivity index (χ4n) is 7.44. The maximum absolute atomic E-state index is 14.3. The Bertz CT molecular complexity index is 1440. The van der Waals surface area contributed by atoms with Gasteiger partial charge in [0.1, 0.15) is 17.5 Å². The van der Waals surface area contributed by atoms with Gasteiger partial charge < -0.3 is 29.7 Å². The number of carbonyl (C=O) groups is 3. The first-order valence-corrected chi connectivity index (χ1v) is 15.0. The molecule has 0 unspecified atom stereocenters. The number of halogens is 1. The first kappa shape index (κ1) is 29.2. The van der Waals surface area contributed by atoms with Crippen LogP contribution >= 0.6 is 0 Å². The number of ether oxygens (including phenoxy) is 3. The van der Waals surface area contributed by atoms with E-state index in [1.807, 2.05) is 30.4 Å². The SMILES string of the molecule is COc1ccc(CCN2C(=O)[C@H]3[C@@H](C(=O)Nc4ccc(F)cc4)[C@@]4(C)C=C[C@@]3(O4)[C@H]2C(=O)NC2CCCCC2)cc1OC. The molecule has 3 fully saturated rings. The van der Waals surface area contributed by atoms with Crippen LogP contribution in [0.4, 0.5) is 10.1 Å². The van der Waals surface area contributed by atoms with Gasteiger partial charge in [-0.2, -0.15) is 0 Å². The number of nitrogens with one attached hydrogen (secondary N) is 2. The summed E-state index contributed by atoms with van der Waals surface area (Å²) in [4.78, 5) is 43.8. The number of benzene rings is 2. The fourth-order valence-corrected chi connectivity index (χ4v) is 7.44. The highest BCUT2D eigenvalue weighted by Gasteiger charge is 2.76. The van der Waals surface area contributed by atoms with Crippen LogP contribution in [0.2, 0.25) is 0 Å². The molecule has 2 bridgehead atoms. The van der Waals surface area contributed by atoms with Gasteiger partial charge in [0.15, 0.2) is 11.5 Å². The summed E-state index contributed by atoms with van der Waals surface area (Å²) >= 11 is 0. The minimum absolute atomic E-state index is 0.0373. The number of rotatable bonds is 9. The average Bonchev–Trinajstić information content (AvgIpc) is 3.57. The standard InChI is InChI=1S/C33H38FN3O6/c1-32-16-17-33(43-32)27(26(32)29(38)35-23-12-10-21(34)11-13-23)31(40)37(28(33)30(39)36-22-7-5-4-6-8-22)18-15-20-9-14-24(41-2)25(19-20)42-3/h9-14,16-17,19,22,26-28H,4-8,15,18H2,1-3H3,(H,35,38)(H,36,39)/t26-,27+,28+,32+,33-/m0/s1. The molecule has 2 saturated heterocycles. The third-order valence-electron chi connectivity index (χ3n) is 9.48. The molecule has 3 amide bonds. The normalized spacial score (nSPS) is 29.4. The van der Waals surface area contributed by atoms with Crippen LogP contribution in [0.3, 0.4) is 0 Å². The van der Waals surface area contributed by atoms with Crippen LogP contribution in [0.15, 0.2) is 54.6 Å². The number of carbonyl (C=O) groups excluding carboxylic acids is 3. The zero-order valence-corrected chi connectivity index (χ0v) is 24.7. The van der Waals surface area contributed by atoms with Crippen molar-refractivity contribution in [1.29, 1.82) is 0 Å². The molecule has 5 atom stereocenters. The number of fused-ring (bicyclic) bond motifs is 1. The van der Waals surface area contributed by atoms with E-state index in [2.05, 4.69) is 10.6 Å². The Morgan fingerprint density at radius 3 is 2.42 bits per heavy atom. The summed E-state index contributed by atoms with van der Waals surface area (Å²) in [5.74, 6) is -1.99. The molecule has 2 N–H and O–H groups in total. The maximum atomic E-state index is 14.3. The molecule has 0 radical (unpaired) electrons. The van der Waals surface area contributed by atoms with E-state index in [9.17, 15) is 18.8 Å². The number of hydrogen-bond donors (Lipinski definition) is 2. The second-order valence-electron chi connectivity index (χ2n) is 12.1. The molecule has 2 aromatic rings. The third-order valence-corrected chi connectivity index (χ3v) is 9.48. The van der Waals surface area contributed by atoms with Crippen molar-refractivity contribution in [2.45, 2.75) is 68.7 Å². The average molecular weight is 592 g/mol. The van der Waals surface area contributed by atoms with Crippen LogP contribution < -0.4 is 20.1 Å². The fraction of sp³-hybridized carbons (Fsp3) is 0.485. The minimum atomic E-state index is -1.28. The van der Waals surface area contributed by atoms with E-state index in [0.717, 1.165) is 37.7 Å². The number of hydrogen-bond acceptors (Lipinski definition) is 6. The smallest absolute Gasteiger partial charge is 0.246 e. The van der Waals surface area contributed by atoms with Gasteiger partial charge in [-0.1, -0.05) is 37.5 Å². The maximum Gasteiger partial charge on any atom is 0.246 e. The lowest BCUT2D eigenvalue weighted by Crippen LogP contribution is -2.57. The van der Waals surface area contributed by atoms with Crippen molar-refractivity contribution in [3.63, 3.8) is 0 Å². The molecular formula is C33H38FN3O6. The molecule has 1 spiro atoms. The third kappa shape index (κ3) is 5.05. The zero-order chi connectivity index (χ0) is 30.4. The molecule has 0 aromatic heterocycles. The van der Waals surface area contributed by atoms with Crippen LogP contribution in [-0.2, 0) is 25.5 Å². The Morgan fingerprint density at radius 2 is 1.72 bits per heavy atom. The first-order valence-electron chi connectivity index (χ1n) is 15.0. The molecule has 1 saturated carbocycles. The predicted molar refractivity (Wildman–Crippen MR) is 157 cm³/mol. The lowest BCUT2D eigenvalue weighted by Gasteiger charge is -2.34. The molecule has 3 heterocycles. The van der Waals surface area contributed by atoms with Crippen molar-refractivity contribution in [2.75, 3.05) is 26.1 Å². The summed E-state index contributed by atoms with van der Waals surface area (Å²) < 4.78 is 30.9. The second kappa shape index (κ2) is 11.3. The highest BCUT2D eigenvalue weighted by atomic mass is 19.1. The molecular weight excluding hydrogens is 553 g/mol. The Morgan fingerprint density at radius 1 is 1.00 bits per heavy atom. The van der Waals surface area contributed by atoms with E-state index in [4.69, 9.17) is 14.2 Å². The highest BCUT2D eigenvalue weighted by molar-refractivity contribution is 6.03. The van der Waals surface area contributed by atoms with Gasteiger partial charge in [-0.25, -0.2) is 4.39 Å². The predicted octanol–water partition coefficient (Wildman–Crippen LogP) is 4.01. The van der Waals surface area contributed by atoms with Gasteiger partial charge in [0, 0.05) is 18.3 Å². The minimum Gasteiger partial charge on any atom is -0.493 e. The van der Waals surface area contributed by atoms with E-state index in [-0.39, 0.29) is 24.4 Å². The topological polar surface area (TPSA) is 106 Å². The van der Waals surface area contributed by atoms with Crippen LogP contribution in [-0.4, -0.2) is 66.7 Å². The van der Waals surface area contributed by atoms with Crippen molar-refractivity contribution in [3.05, 3.63) is 66.0 Å². The van der Waals surface area contributed by atoms with Gasteiger partial charge >= 0.3 is 0 Å². The van der Waals surface area contributed by atoms with Crippen LogP contribution in [0, 0.1) is 17.7 Å². The second-order valence-corrected chi connectivity index (χ2v) is 12.1. The molecule has 6 rings (SSSR count). The molecule has 3 aliphatic heterocycles. The number of likely N-dealkylation sites (tertiary alicyclic amines) is 1. The van der Waals surface area contributed by atoms with Crippen molar-refractivity contribution < 1.29 is 33.0 Å². The van der Waals surface area contributed by atoms with Gasteiger partial charge in [0.25, 0.3) is 0 Å². The monoisotopic (exact) mass is 591 g/mol. The summed E-state index contributed by atoms with van der Waals surface area (Å²) in [6, 6.07) is 10.1. The Balaban J connectivity index is 1.31. The van der Waals surface area contributed by atoms with Gasteiger partial charge in [-0.15, -0.1) is 0 Å². The lowest BCUT2D eigenvalue weighted by molar-refractivity contribution is -0.144. The van der Waals surface area contributed by atoms with Gasteiger partial charge in [-0.3, -0.25) is 14.4 Å². The van der Waals surface area contributed by atoms with Crippen LogP contribution in [0.1, 0.15) is 44.6 Å². The van der Waals surface area contributed by atoms with Crippen molar-refractivity contribution in [2.24, 2.45) is 11.8 Å². The van der Waals surface area contributed by atoms with E-state index in [0.29, 0.717) is 23.6 Å². The van der Waals surface area contributed by atoms with Crippen molar-refractivity contribution in [3.8, 4) is 11.5 Å². The van der Waals surface area contributed by atoms with Gasteiger partial charge in [0.05, 0.1) is 31.7 Å². The van der Waals surface area contributed by atoms with Gasteiger partial charge in [-0.05, 0) is 68.1 Å². The van der Waals surface area contributed by atoms with Crippen LogP contribution in [0.5, 0.6) is 11.5 Å². The molecule has 228 valence electrons. The number of methoxy groups -OCH3 is 2. The zero-order valence-electron chi connectivity index (χ0n) is 24.7. The molecule has 9 nitrogen and oxygen atoms in total. The van der Waals surface area contributed by atoms with Crippen molar-refractivity contribution in [1.82, 2.24) is 10.2 Å². The van der Waals surface area contributed by atoms with E-state index in [1.165, 1.54) is 24.3 Å². The first-order chi connectivity index (χ1) is 20.7. The molecule has 10 heteroatoms. The summed E-state index contributed by atoms with van der Waals surface area (Å²) in [6.07, 6.45) is 9.11. The molecule has 1 aliphatic carbocycles. The van der Waals surface area contributed by atoms with E-state index >= 15 is 0 Å². The van der Waals surface area contributed by atoms with Crippen LogP contribution in [0.25, 0.3) is 0 Å². The van der Waals surface area contributed by atoms with E-state index in [1.54, 1.807) is 26.0 Å². The quantitative estimate of drug-likeness (QED) is 0.427. The summed E-state index contributed by atoms with van der Waals surface area (Å²) in [6.45, 7) is 2.03. The molecule has 4 aliphatic rings. The Labute approximate surface area is 250 Å². The summed E-state index contributed by atoms with van der Waals surface area (Å²) in [7, 11) is 3.13. The van der Waals surface area contributed by atoms with Gasteiger partial charge in [0.2, 0.25) is 17.7 Å². The Kier molecular flexibility index (Phi) is 7.66. The molecule has 2 aromatic carbocycles. The Hall–Kier alpha value is -3.92. The highest BCUT2D eigenvalue weighted by Crippen LogP contribution is 2.59. The number of amides is 3. The summed E-state index contributed by atoms with van der Waals surface area (Å²) in [5, 5.41) is 6.06.